The van der Waals surface area contributed by atoms with Crippen molar-refractivity contribution in [2.24, 2.45) is 17.8 Å². The van der Waals surface area contributed by atoms with Crippen LogP contribution in [0.3, 0.4) is 0 Å². The quantitative estimate of drug-likeness (QED) is 0.812. The predicted molar refractivity (Wildman–Crippen MR) is 82.8 cm³/mol. The van der Waals surface area contributed by atoms with Gasteiger partial charge in [0.05, 0.1) is 13.2 Å². The first kappa shape index (κ1) is 15.3. The number of piperidine rings is 1. The lowest BCUT2D eigenvalue weighted by molar-refractivity contribution is -0.124. The summed E-state index contributed by atoms with van der Waals surface area (Å²) in [6, 6.07) is 0.493. The highest BCUT2D eigenvalue weighted by Crippen LogP contribution is 2.49. The van der Waals surface area contributed by atoms with E-state index in [1.54, 1.807) is 0 Å². The molecule has 5 unspecified atom stereocenters. The number of nitrogens with zero attached hydrogens (tertiary/aromatic N) is 1. The van der Waals surface area contributed by atoms with Crippen molar-refractivity contribution in [1.82, 2.24) is 10.2 Å². The smallest absolute Gasteiger partial charge is 0.234 e. The molecule has 0 radical (unpaired) electrons. The number of likely N-dealkylation sites (tertiary alicyclic amines) is 1. The maximum atomic E-state index is 12.3. The van der Waals surface area contributed by atoms with Gasteiger partial charge in [0.2, 0.25) is 5.91 Å². The van der Waals surface area contributed by atoms with E-state index in [1.807, 2.05) is 0 Å². The Labute approximate surface area is 128 Å². The lowest BCUT2D eigenvalue weighted by Gasteiger charge is -2.35. The van der Waals surface area contributed by atoms with Crippen molar-refractivity contribution in [3.8, 4) is 0 Å². The van der Waals surface area contributed by atoms with Gasteiger partial charge >= 0.3 is 0 Å². The van der Waals surface area contributed by atoms with E-state index < -0.39 is 0 Å². The first-order valence-electron chi connectivity index (χ1n) is 8.81. The van der Waals surface area contributed by atoms with Crippen LogP contribution in [-0.2, 0) is 4.79 Å². The molecule has 0 spiro atoms. The Balaban J connectivity index is 1.47. The second-order valence-corrected chi connectivity index (χ2v) is 7.50. The van der Waals surface area contributed by atoms with Crippen molar-refractivity contribution in [2.75, 3.05) is 19.7 Å². The van der Waals surface area contributed by atoms with Crippen LogP contribution in [0, 0.1) is 17.8 Å². The van der Waals surface area contributed by atoms with Crippen molar-refractivity contribution in [3.63, 3.8) is 0 Å². The molecule has 1 aliphatic heterocycles. The van der Waals surface area contributed by atoms with Gasteiger partial charge in [0.15, 0.2) is 0 Å². The van der Waals surface area contributed by atoms with Crippen molar-refractivity contribution >= 4 is 5.91 Å². The van der Waals surface area contributed by atoms with Gasteiger partial charge in [-0.3, -0.25) is 9.69 Å². The number of carbonyl (C=O) groups excluding carboxylic acids is 1. The van der Waals surface area contributed by atoms with Gasteiger partial charge < -0.3 is 10.4 Å². The maximum absolute atomic E-state index is 12.3. The zero-order valence-electron chi connectivity index (χ0n) is 13.3. The summed E-state index contributed by atoms with van der Waals surface area (Å²) in [4.78, 5) is 14.5. The third-order valence-electron chi connectivity index (χ3n) is 6.13. The first-order valence-corrected chi connectivity index (χ1v) is 8.81. The van der Waals surface area contributed by atoms with Gasteiger partial charge in [0, 0.05) is 12.1 Å². The fourth-order valence-corrected chi connectivity index (χ4v) is 4.97. The molecule has 3 rings (SSSR count). The van der Waals surface area contributed by atoms with E-state index in [2.05, 4.69) is 17.1 Å². The largest absolute Gasteiger partial charge is 0.395 e. The molecule has 5 atom stereocenters. The second kappa shape index (κ2) is 6.66. The van der Waals surface area contributed by atoms with Crippen LogP contribution >= 0.6 is 0 Å². The van der Waals surface area contributed by atoms with Crippen molar-refractivity contribution < 1.29 is 9.90 Å². The Morgan fingerprint density at radius 2 is 2.14 bits per heavy atom. The van der Waals surface area contributed by atoms with Crippen LogP contribution in [0.4, 0.5) is 0 Å². The number of aliphatic hydroxyl groups is 1. The molecule has 2 saturated carbocycles. The normalized spacial score (nSPS) is 37.6. The third kappa shape index (κ3) is 3.42. The van der Waals surface area contributed by atoms with E-state index in [9.17, 15) is 9.90 Å². The van der Waals surface area contributed by atoms with E-state index in [4.69, 9.17) is 0 Å². The Hall–Kier alpha value is -0.610. The molecule has 2 aliphatic carbocycles. The van der Waals surface area contributed by atoms with Crippen LogP contribution in [0.2, 0.25) is 0 Å². The lowest BCUT2D eigenvalue weighted by Crippen LogP contribution is -2.49. The molecular formula is C17H30N2O2. The molecule has 1 amide bonds. The third-order valence-corrected chi connectivity index (χ3v) is 6.13. The fourth-order valence-electron chi connectivity index (χ4n) is 4.97. The minimum absolute atomic E-state index is 0.144. The number of hydrogen-bond donors (Lipinski definition) is 2. The van der Waals surface area contributed by atoms with Gasteiger partial charge in [0.25, 0.3) is 0 Å². The topological polar surface area (TPSA) is 52.6 Å². The standard InChI is InChI=1S/C17H30N2O2/c1-12(16-9-13-5-6-14(16)8-13)18-17(21)10-19-7-3-2-4-15(19)11-20/h12-16,20H,2-11H2,1H3,(H,18,21). The summed E-state index contributed by atoms with van der Waals surface area (Å²) in [5.41, 5.74) is 0. The highest BCUT2D eigenvalue weighted by Gasteiger charge is 2.42. The minimum Gasteiger partial charge on any atom is -0.395 e. The molecule has 4 heteroatoms. The first-order chi connectivity index (χ1) is 10.2. The Bertz CT molecular complexity index is 374. The van der Waals surface area contributed by atoms with Crippen LogP contribution in [0.1, 0.15) is 51.9 Å². The SMILES string of the molecule is CC(NC(=O)CN1CCCCC1CO)C1CC2CCC1C2. The summed E-state index contributed by atoms with van der Waals surface area (Å²) in [6.45, 7) is 3.76. The average Bonchev–Trinajstić information content (AvgIpc) is 3.10. The molecule has 0 aromatic heterocycles. The molecule has 120 valence electrons. The van der Waals surface area contributed by atoms with Crippen molar-refractivity contribution in [2.45, 2.75) is 64.0 Å². The fraction of sp³-hybridized carbons (Fsp3) is 0.941. The molecule has 3 aliphatic rings. The summed E-state index contributed by atoms with van der Waals surface area (Å²) >= 11 is 0. The van der Waals surface area contributed by atoms with Gasteiger partial charge in [-0.25, -0.2) is 0 Å². The van der Waals surface area contributed by atoms with E-state index in [1.165, 1.54) is 32.1 Å². The molecule has 1 heterocycles. The molecule has 3 fully saturated rings. The molecule has 1 saturated heterocycles. The average molecular weight is 294 g/mol. The number of fused-ring (bicyclic) bond motifs is 2. The van der Waals surface area contributed by atoms with Gasteiger partial charge in [-0.2, -0.15) is 0 Å². The van der Waals surface area contributed by atoms with Gasteiger partial charge in [-0.05, 0) is 63.3 Å². The number of hydrogen-bond acceptors (Lipinski definition) is 3. The van der Waals surface area contributed by atoms with Gasteiger partial charge in [-0.15, -0.1) is 0 Å². The Kier molecular flexibility index (Phi) is 4.85. The van der Waals surface area contributed by atoms with Crippen LogP contribution < -0.4 is 5.32 Å². The molecule has 4 nitrogen and oxygen atoms in total. The molecule has 21 heavy (non-hydrogen) atoms. The van der Waals surface area contributed by atoms with E-state index in [0.29, 0.717) is 18.5 Å². The number of amides is 1. The second-order valence-electron chi connectivity index (χ2n) is 7.50. The summed E-state index contributed by atoms with van der Waals surface area (Å²) in [6.07, 6.45) is 8.82. The maximum Gasteiger partial charge on any atom is 0.234 e. The number of carbonyl (C=O) groups is 1. The summed E-state index contributed by atoms with van der Waals surface area (Å²) in [7, 11) is 0. The van der Waals surface area contributed by atoms with Gasteiger partial charge in [-0.1, -0.05) is 12.8 Å². The number of aliphatic hydroxyl groups excluding tert-OH is 1. The molecule has 2 bridgehead atoms. The predicted octanol–water partition coefficient (Wildman–Crippen LogP) is 1.77. The summed E-state index contributed by atoms with van der Waals surface area (Å²) < 4.78 is 0. The highest BCUT2D eigenvalue weighted by atomic mass is 16.3. The van der Waals surface area contributed by atoms with E-state index in [0.717, 1.165) is 31.2 Å². The summed E-state index contributed by atoms with van der Waals surface area (Å²) in [5.74, 6) is 2.62. The minimum atomic E-state index is 0.144. The number of rotatable bonds is 5. The van der Waals surface area contributed by atoms with Crippen molar-refractivity contribution in [3.05, 3.63) is 0 Å². The van der Waals surface area contributed by atoms with Crippen LogP contribution in [0.5, 0.6) is 0 Å². The monoisotopic (exact) mass is 294 g/mol. The van der Waals surface area contributed by atoms with Crippen LogP contribution in [0.25, 0.3) is 0 Å². The zero-order valence-corrected chi connectivity index (χ0v) is 13.3. The van der Waals surface area contributed by atoms with E-state index in [-0.39, 0.29) is 18.6 Å². The Morgan fingerprint density at radius 3 is 2.81 bits per heavy atom. The van der Waals surface area contributed by atoms with Crippen molar-refractivity contribution in [1.29, 1.82) is 0 Å². The molecule has 2 N–H and O–H groups in total. The van der Waals surface area contributed by atoms with Gasteiger partial charge in [0.1, 0.15) is 0 Å². The summed E-state index contributed by atoms with van der Waals surface area (Å²) in [5, 5.41) is 12.7. The molecular weight excluding hydrogens is 264 g/mol. The zero-order chi connectivity index (χ0) is 14.8. The number of nitrogens with one attached hydrogen (secondary N) is 1. The Morgan fingerprint density at radius 1 is 1.29 bits per heavy atom. The van der Waals surface area contributed by atoms with Crippen LogP contribution in [-0.4, -0.2) is 47.7 Å². The highest BCUT2D eigenvalue weighted by molar-refractivity contribution is 5.78. The lowest BCUT2D eigenvalue weighted by atomic mass is 9.84. The van der Waals surface area contributed by atoms with E-state index >= 15 is 0 Å². The molecule has 0 aromatic carbocycles. The molecule has 0 aromatic rings. The van der Waals surface area contributed by atoms with Crippen LogP contribution in [0.15, 0.2) is 0 Å².